The van der Waals surface area contributed by atoms with Gasteiger partial charge in [0.15, 0.2) is 0 Å². The molecule has 0 aromatic rings. The van der Waals surface area contributed by atoms with Gasteiger partial charge in [0.2, 0.25) is 0 Å². The van der Waals surface area contributed by atoms with Gasteiger partial charge in [-0.3, -0.25) is 0 Å². The maximum atomic E-state index is 4.97. The van der Waals surface area contributed by atoms with Crippen LogP contribution >= 0.6 is 0 Å². The van der Waals surface area contributed by atoms with Crippen molar-refractivity contribution in [2.75, 3.05) is 6.61 Å². The summed E-state index contributed by atoms with van der Waals surface area (Å²) in [7, 11) is 0. The molecule has 1 N–H and O–H groups in total. The van der Waals surface area contributed by atoms with Gasteiger partial charge < -0.3 is 4.84 Å². The Morgan fingerprint density at radius 1 is 1.25 bits per heavy atom. The van der Waals surface area contributed by atoms with E-state index in [-0.39, 0.29) is 0 Å². The lowest BCUT2D eigenvalue weighted by molar-refractivity contribution is 0.0483. The minimum Gasteiger partial charge on any atom is -0.301 e. The molecular formula is C6H12NO. The summed E-state index contributed by atoms with van der Waals surface area (Å²) in [6, 6.07) is 0. The molecule has 0 bridgehead atoms. The molecule has 0 aromatic heterocycles. The summed E-state index contributed by atoms with van der Waals surface area (Å²) in [5.74, 6) is 0. The predicted molar refractivity (Wildman–Crippen MR) is 31.9 cm³/mol. The van der Waals surface area contributed by atoms with Crippen LogP contribution in [0, 0.1) is 6.54 Å². The highest BCUT2D eigenvalue weighted by Crippen LogP contribution is 2.03. The molecule has 1 fully saturated rings. The average Bonchev–Trinajstić information content (AvgIpc) is 1.62. The van der Waals surface area contributed by atoms with Crippen LogP contribution in [0.15, 0.2) is 0 Å². The van der Waals surface area contributed by atoms with Crippen molar-refractivity contribution in [1.29, 1.82) is 0 Å². The molecule has 1 rings (SSSR count). The highest BCUT2D eigenvalue weighted by Gasteiger charge is 1.94. The zero-order chi connectivity index (χ0) is 5.66. The molecule has 0 saturated carbocycles. The summed E-state index contributed by atoms with van der Waals surface area (Å²) in [6.07, 6.45) is 4.94. The van der Waals surface area contributed by atoms with E-state index in [1.165, 1.54) is 19.3 Å². The second-order valence-electron chi connectivity index (χ2n) is 2.02. The van der Waals surface area contributed by atoms with Crippen LogP contribution in [-0.2, 0) is 4.84 Å². The molecule has 1 heterocycles. The monoisotopic (exact) mass is 114 g/mol. The second kappa shape index (κ2) is 3.87. The lowest BCUT2D eigenvalue weighted by Crippen LogP contribution is -2.14. The first kappa shape index (κ1) is 6.05. The summed E-state index contributed by atoms with van der Waals surface area (Å²) in [5, 5.41) is 0. The first-order valence-electron chi connectivity index (χ1n) is 3.19. The number of hydrogen-bond donors (Lipinski definition) is 1. The summed E-state index contributed by atoms with van der Waals surface area (Å²) < 4.78 is 0. The van der Waals surface area contributed by atoms with Gasteiger partial charge in [-0.05, 0) is 12.8 Å². The fraction of sp³-hybridized carbons (Fsp3) is 0.833. The van der Waals surface area contributed by atoms with Crippen molar-refractivity contribution >= 4 is 0 Å². The lowest BCUT2D eigenvalue weighted by atomic mass is 10.2. The highest BCUT2D eigenvalue weighted by molar-refractivity contribution is 4.57. The minimum absolute atomic E-state index is 0.858. The molecule has 0 amide bonds. The van der Waals surface area contributed by atoms with Gasteiger partial charge >= 0.3 is 0 Å². The molecule has 1 aliphatic heterocycles. The Hall–Kier alpha value is -0.0800. The summed E-state index contributed by atoms with van der Waals surface area (Å²) >= 11 is 0. The van der Waals surface area contributed by atoms with Crippen molar-refractivity contribution in [3.05, 3.63) is 6.54 Å². The second-order valence-corrected chi connectivity index (χ2v) is 2.02. The largest absolute Gasteiger partial charge is 0.301 e. The van der Waals surface area contributed by atoms with Crippen LogP contribution in [-0.4, -0.2) is 6.61 Å². The molecule has 1 radical (unpaired) electrons. The van der Waals surface area contributed by atoms with E-state index >= 15 is 0 Å². The van der Waals surface area contributed by atoms with E-state index in [1.54, 1.807) is 0 Å². The lowest BCUT2D eigenvalue weighted by Gasteiger charge is -2.08. The van der Waals surface area contributed by atoms with Crippen molar-refractivity contribution in [2.24, 2.45) is 0 Å². The van der Waals surface area contributed by atoms with Crippen molar-refractivity contribution in [3.8, 4) is 0 Å². The molecule has 47 valence electrons. The van der Waals surface area contributed by atoms with E-state index in [0.29, 0.717) is 0 Å². The zero-order valence-corrected chi connectivity index (χ0v) is 5.02. The summed E-state index contributed by atoms with van der Waals surface area (Å²) in [6.45, 7) is 2.83. The third-order valence-corrected chi connectivity index (χ3v) is 1.26. The molecule has 1 aliphatic rings. The molecule has 1 saturated heterocycles. The van der Waals surface area contributed by atoms with Gasteiger partial charge in [-0.1, -0.05) is 12.8 Å². The molecule has 0 atom stereocenters. The van der Waals surface area contributed by atoms with Gasteiger partial charge in [-0.2, -0.15) is 5.48 Å². The van der Waals surface area contributed by atoms with Crippen molar-refractivity contribution < 1.29 is 4.84 Å². The van der Waals surface area contributed by atoms with Gasteiger partial charge in [0.1, 0.15) is 0 Å². The predicted octanol–water partition coefficient (Wildman–Crippen LogP) is 1.24. The van der Waals surface area contributed by atoms with Crippen molar-refractivity contribution in [2.45, 2.75) is 25.7 Å². The Balaban J connectivity index is 2.00. The van der Waals surface area contributed by atoms with Crippen LogP contribution in [0.25, 0.3) is 0 Å². The Morgan fingerprint density at radius 2 is 2.25 bits per heavy atom. The molecule has 0 unspecified atom stereocenters. The van der Waals surface area contributed by atoms with Crippen LogP contribution in [0.5, 0.6) is 0 Å². The van der Waals surface area contributed by atoms with E-state index in [4.69, 9.17) is 4.84 Å². The minimum atomic E-state index is 0.858. The van der Waals surface area contributed by atoms with Gasteiger partial charge in [-0.25, -0.2) is 0 Å². The van der Waals surface area contributed by atoms with Crippen molar-refractivity contribution in [1.82, 2.24) is 5.48 Å². The van der Waals surface area contributed by atoms with Crippen LogP contribution in [0.4, 0.5) is 0 Å². The Kier molecular flexibility index (Phi) is 2.92. The van der Waals surface area contributed by atoms with Crippen molar-refractivity contribution in [3.63, 3.8) is 0 Å². The molecule has 2 nitrogen and oxygen atoms in total. The van der Waals surface area contributed by atoms with Gasteiger partial charge in [0.05, 0.1) is 6.61 Å². The standard InChI is InChI=1S/C6H12NO/c1-2-4-6-8-7-5-3-1/h5,7H,1-4,6H2. The average molecular weight is 114 g/mol. The molecule has 0 aliphatic carbocycles. The number of rotatable bonds is 0. The molecular weight excluding hydrogens is 102 g/mol. The Labute approximate surface area is 50.2 Å². The number of hydrogen-bond acceptors (Lipinski definition) is 2. The fourth-order valence-corrected chi connectivity index (χ4v) is 0.774. The smallest absolute Gasteiger partial charge is 0.0682 e. The Bertz CT molecular complexity index is 32.5. The number of nitrogens with one attached hydrogen (secondary N) is 1. The van der Waals surface area contributed by atoms with Crippen LogP contribution in [0.1, 0.15) is 25.7 Å². The summed E-state index contributed by atoms with van der Waals surface area (Å²) in [5.41, 5.74) is 2.76. The van der Waals surface area contributed by atoms with Crippen LogP contribution in [0.3, 0.4) is 0 Å². The molecule has 8 heavy (non-hydrogen) atoms. The fourth-order valence-electron chi connectivity index (χ4n) is 0.774. The van der Waals surface area contributed by atoms with E-state index in [9.17, 15) is 0 Å². The quantitative estimate of drug-likeness (QED) is 0.511. The molecule has 0 spiro atoms. The third-order valence-electron chi connectivity index (χ3n) is 1.26. The van der Waals surface area contributed by atoms with E-state index in [1.807, 2.05) is 6.54 Å². The van der Waals surface area contributed by atoms with Crippen LogP contribution < -0.4 is 5.48 Å². The SMILES string of the molecule is [CH]1CCCCCON1. The maximum Gasteiger partial charge on any atom is 0.0682 e. The normalized spacial score (nSPS) is 24.0. The van der Waals surface area contributed by atoms with E-state index < -0.39 is 0 Å². The van der Waals surface area contributed by atoms with E-state index in [0.717, 1.165) is 13.0 Å². The van der Waals surface area contributed by atoms with Crippen LogP contribution in [0.2, 0.25) is 0 Å². The van der Waals surface area contributed by atoms with Gasteiger partial charge in [0, 0.05) is 6.54 Å². The zero-order valence-electron chi connectivity index (χ0n) is 5.02. The van der Waals surface area contributed by atoms with Gasteiger partial charge in [0.25, 0.3) is 0 Å². The third kappa shape index (κ3) is 2.28. The van der Waals surface area contributed by atoms with E-state index in [2.05, 4.69) is 5.48 Å². The topological polar surface area (TPSA) is 21.3 Å². The molecule has 2 heteroatoms. The summed E-state index contributed by atoms with van der Waals surface area (Å²) in [4.78, 5) is 4.97. The maximum absolute atomic E-state index is 4.97. The Morgan fingerprint density at radius 3 is 3.25 bits per heavy atom. The first-order chi connectivity index (χ1) is 4.00. The first-order valence-corrected chi connectivity index (χ1v) is 3.19. The number of hydroxylamine groups is 1. The highest BCUT2D eigenvalue weighted by atomic mass is 16.6. The van der Waals surface area contributed by atoms with Gasteiger partial charge in [-0.15, -0.1) is 0 Å². The molecule has 0 aromatic carbocycles.